The maximum Gasteiger partial charge on any atom is 0.328 e. The van der Waals surface area contributed by atoms with E-state index in [0.29, 0.717) is 28.3 Å². The van der Waals surface area contributed by atoms with Gasteiger partial charge in [-0.25, -0.2) is 4.79 Å². The summed E-state index contributed by atoms with van der Waals surface area (Å²) in [4.78, 5) is 24.6. The van der Waals surface area contributed by atoms with Gasteiger partial charge in [0, 0.05) is 25.7 Å². The first-order valence-corrected chi connectivity index (χ1v) is 7.65. The first kappa shape index (κ1) is 16.6. The molecule has 1 N–H and O–H groups in total. The summed E-state index contributed by atoms with van der Waals surface area (Å²) in [5.41, 5.74) is 2.32. The Balaban J connectivity index is 1.95. The second kappa shape index (κ2) is 6.35. The van der Waals surface area contributed by atoms with E-state index in [2.05, 4.69) is 5.32 Å². The number of carbonyl (C=O) groups is 1. The smallest absolute Gasteiger partial charge is 0.328 e. The molecule has 0 fully saturated rings. The van der Waals surface area contributed by atoms with Crippen LogP contribution in [0.2, 0.25) is 0 Å². The molecule has 0 aliphatic heterocycles. The molecule has 0 unspecified atom stereocenters. The lowest BCUT2D eigenvalue weighted by molar-refractivity contribution is 0.102. The monoisotopic (exact) mass is 341 g/mol. The summed E-state index contributed by atoms with van der Waals surface area (Å²) in [6, 6.07) is 10.3. The third-order valence-corrected chi connectivity index (χ3v) is 4.19. The minimum atomic E-state index is -0.290. The number of aromatic nitrogens is 2. The van der Waals surface area contributed by atoms with Crippen LogP contribution in [0.4, 0.5) is 5.69 Å². The minimum absolute atomic E-state index is 0.135. The van der Waals surface area contributed by atoms with Crippen molar-refractivity contribution >= 4 is 22.6 Å². The zero-order valence-electron chi connectivity index (χ0n) is 14.5. The number of fused-ring (bicyclic) bond motifs is 1. The number of hydrogen-bond donors (Lipinski definition) is 1. The van der Waals surface area contributed by atoms with Crippen LogP contribution in [0.1, 0.15) is 10.4 Å². The predicted octanol–water partition coefficient (Wildman–Crippen LogP) is 2.15. The molecule has 2 aromatic carbocycles. The summed E-state index contributed by atoms with van der Waals surface area (Å²) in [5, 5.41) is 2.82. The van der Waals surface area contributed by atoms with Gasteiger partial charge in [0.25, 0.3) is 5.91 Å². The molecule has 25 heavy (non-hydrogen) atoms. The lowest BCUT2D eigenvalue weighted by Gasteiger charge is -2.11. The van der Waals surface area contributed by atoms with E-state index in [1.54, 1.807) is 62.2 Å². The van der Waals surface area contributed by atoms with Crippen LogP contribution < -0.4 is 20.5 Å². The highest BCUT2D eigenvalue weighted by Gasteiger charge is 2.14. The van der Waals surface area contributed by atoms with Gasteiger partial charge in [0.05, 0.1) is 30.9 Å². The van der Waals surface area contributed by atoms with E-state index in [9.17, 15) is 9.59 Å². The van der Waals surface area contributed by atoms with Gasteiger partial charge in [-0.05, 0) is 30.3 Å². The fourth-order valence-electron chi connectivity index (χ4n) is 2.74. The number of rotatable bonds is 4. The molecule has 1 aromatic heterocycles. The number of aryl methyl sites for hydroxylation is 2. The first-order valence-electron chi connectivity index (χ1n) is 7.65. The average Bonchev–Trinajstić information content (AvgIpc) is 2.86. The molecule has 0 saturated carbocycles. The molecule has 3 aromatic rings. The Kier molecular flexibility index (Phi) is 4.22. The van der Waals surface area contributed by atoms with Crippen molar-refractivity contribution in [1.82, 2.24) is 9.13 Å². The summed E-state index contributed by atoms with van der Waals surface area (Å²) in [6.45, 7) is 0. The topological polar surface area (TPSA) is 74.5 Å². The van der Waals surface area contributed by atoms with Gasteiger partial charge < -0.3 is 14.8 Å². The number of carbonyl (C=O) groups excluding carboxylic acids is 1. The van der Waals surface area contributed by atoms with Crippen molar-refractivity contribution in [2.75, 3.05) is 19.5 Å². The molecule has 0 atom stereocenters. The number of benzene rings is 2. The van der Waals surface area contributed by atoms with Crippen LogP contribution in [0.25, 0.3) is 11.0 Å². The Morgan fingerprint density at radius 1 is 0.960 bits per heavy atom. The Hall–Kier alpha value is -3.22. The molecule has 0 saturated heterocycles. The van der Waals surface area contributed by atoms with Crippen LogP contribution in [0.5, 0.6) is 11.5 Å². The average molecular weight is 341 g/mol. The van der Waals surface area contributed by atoms with Crippen LogP contribution >= 0.6 is 0 Å². The number of methoxy groups -OCH3 is 2. The Bertz CT molecular complexity index is 1020. The van der Waals surface area contributed by atoms with Gasteiger partial charge in [-0.15, -0.1) is 0 Å². The molecule has 130 valence electrons. The number of nitrogens with zero attached hydrogens (tertiary/aromatic N) is 2. The van der Waals surface area contributed by atoms with Gasteiger partial charge in [0.2, 0.25) is 0 Å². The second-order valence-electron chi connectivity index (χ2n) is 5.62. The molecule has 0 spiro atoms. The summed E-state index contributed by atoms with van der Waals surface area (Å²) >= 11 is 0. The molecule has 7 nitrogen and oxygen atoms in total. The van der Waals surface area contributed by atoms with Crippen LogP contribution in [-0.2, 0) is 14.1 Å². The zero-order valence-corrected chi connectivity index (χ0v) is 14.5. The number of ether oxygens (including phenoxy) is 2. The summed E-state index contributed by atoms with van der Waals surface area (Å²) in [5.74, 6) is 0.845. The largest absolute Gasteiger partial charge is 0.497 e. The van der Waals surface area contributed by atoms with Gasteiger partial charge in [-0.2, -0.15) is 0 Å². The lowest BCUT2D eigenvalue weighted by atomic mass is 10.1. The van der Waals surface area contributed by atoms with E-state index in [1.807, 2.05) is 0 Å². The lowest BCUT2D eigenvalue weighted by Crippen LogP contribution is -2.19. The number of hydrogen-bond acceptors (Lipinski definition) is 4. The van der Waals surface area contributed by atoms with Crippen LogP contribution in [0.15, 0.2) is 41.2 Å². The van der Waals surface area contributed by atoms with E-state index >= 15 is 0 Å². The first-order chi connectivity index (χ1) is 12.0. The minimum Gasteiger partial charge on any atom is -0.497 e. The van der Waals surface area contributed by atoms with E-state index in [0.717, 1.165) is 5.52 Å². The van der Waals surface area contributed by atoms with Crippen molar-refractivity contribution in [1.29, 1.82) is 0 Å². The van der Waals surface area contributed by atoms with E-state index in [1.165, 1.54) is 11.7 Å². The Labute approximate surface area is 144 Å². The third-order valence-electron chi connectivity index (χ3n) is 4.19. The number of amides is 1. The number of anilines is 1. The van der Waals surface area contributed by atoms with Gasteiger partial charge in [0.15, 0.2) is 0 Å². The molecule has 1 amide bonds. The highest BCUT2D eigenvalue weighted by Crippen LogP contribution is 2.29. The van der Waals surface area contributed by atoms with Gasteiger partial charge in [0.1, 0.15) is 11.5 Å². The van der Waals surface area contributed by atoms with Crippen LogP contribution in [-0.4, -0.2) is 29.3 Å². The molecule has 0 aliphatic rings. The molecular formula is C18H19N3O4. The van der Waals surface area contributed by atoms with Gasteiger partial charge in [-0.1, -0.05) is 0 Å². The Morgan fingerprint density at radius 2 is 1.68 bits per heavy atom. The third kappa shape index (κ3) is 2.84. The fourth-order valence-corrected chi connectivity index (χ4v) is 2.74. The van der Waals surface area contributed by atoms with E-state index in [-0.39, 0.29) is 11.6 Å². The number of imidazole rings is 1. The van der Waals surface area contributed by atoms with Gasteiger partial charge in [-0.3, -0.25) is 13.9 Å². The van der Waals surface area contributed by atoms with Crippen molar-refractivity contribution in [3.05, 3.63) is 52.4 Å². The van der Waals surface area contributed by atoms with Crippen molar-refractivity contribution in [3.8, 4) is 11.5 Å². The predicted molar refractivity (Wildman–Crippen MR) is 95.7 cm³/mol. The van der Waals surface area contributed by atoms with Crippen molar-refractivity contribution in [3.63, 3.8) is 0 Å². The molecule has 7 heteroatoms. The van der Waals surface area contributed by atoms with Crippen LogP contribution in [0, 0.1) is 0 Å². The maximum absolute atomic E-state index is 12.6. The molecule has 0 radical (unpaired) electrons. The van der Waals surface area contributed by atoms with Crippen LogP contribution in [0.3, 0.4) is 0 Å². The normalized spacial score (nSPS) is 10.7. The van der Waals surface area contributed by atoms with Crippen molar-refractivity contribution in [2.24, 2.45) is 14.1 Å². The van der Waals surface area contributed by atoms with E-state index < -0.39 is 0 Å². The Morgan fingerprint density at radius 3 is 2.36 bits per heavy atom. The second-order valence-corrected chi connectivity index (χ2v) is 5.62. The quantitative estimate of drug-likeness (QED) is 0.789. The highest BCUT2D eigenvalue weighted by molar-refractivity contribution is 6.06. The molecule has 3 rings (SSSR count). The summed E-state index contributed by atoms with van der Waals surface area (Å²) in [7, 11) is 6.47. The van der Waals surface area contributed by atoms with Crippen molar-refractivity contribution < 1.29 is 14.3 Å². The maximum atomic E-state index is 12.6. The fraction of sp³-hybridized carbons (Fsp3) is 0.222. The summed E-state index contributed by atoms with van der Waals surface area (Å²) in [6.07, 6.45) is 0. The molecular weight excluding hydrogens is 322 g/mol. The van der Waals surface area contributed by atoms with E-state index in [4.69, 9.17) is 9.47 Å². The molecule has 0 aliphatic carbocycles. The van der Waals surface area contributed by atoms with Gasteiger partial charge >= 0.3 is 5.69 Å². The number of nitrogens with one attached hydrogen (secondary N) is 1. The highest BCUT2D eigenvalue weighted by atomic mass is 16.5. The summed E-state index contributed by atoms with van der Waals surface area (Å²) < 4.78 is 13.5. The molecule has 1 heterocycles. The SMILES string of the molecule is COc1ccc(NC(=O)c2ccc3c(c2)n(C)c(=O)n3C)c(OC)c1. The zero-order chi connectivity index (χ0) is 18.1. The standard InChI is InChI=1S/C18H19N3O4/c1-20-14-8-5-11(9-15(14)21(2)18(20)23)17(22)19-13-7-6-12(24-3)10-16(13)25-4/h5-10H,1-4H3,(H,19,22). The molecule has 0 bridgehead atoms. The van der Waals surface area contributed by atoms with Crippen molar-refractivity contribution in [2.45, 2.75) is 0 Å².